The Balaban J connectivity index is 0.000000228. The number of aromatic nitrogens is 3. The van der Waals surface area contributed by atoms with E-state index in [-0.39, 0.29) is 73.4 Å². The van der Waals surface area contributed by atoms with Gasteiger partial charge in [0.25, 0.3) is 10.0 Å². The van der Waals surface area contributed by atoms with E-state index in [1.54, 1.807) is 20.8 Å². The zero-order chi connectivity index (χ0) is 47.7. The maximum absolute atomic E-state index is 15.0. The van der Waals surface area contributed by atoms with E-state index < -0.39 is 45.1 Å². The number of para-hydroxylation sites is 2. The van der Waals surface area contributed by atoms with Gasteiger partial charge in [-0.2, -0.15) is 26.3 Å². The fraction of sp³-hybridized carbons (Fsp3) is 0.152. The molecule has 342 valence electrons. The van der Waals surface area contributed by atoms with E-state index in [1.807, 2.05) is 0 Å². The first kappa shape index (κ1) is 46.5. The molecule has 0 saturated carbocycles. The smallest absolute Gasteiger partial charge is 0.418 e. The van der Waals surface area contributed by atoms with Crippen molar-refractivity contribution < 1.29 is 62.3 Å². The minimum absolute atomic E-state index is 0.0347. The maximum Gasteiger partial charge on any atom is 0.418 e. The van der Waals surface area contributed by atoms with Crippen molar-refractivity contribution in [1.29, 1.82) is 0 Å². The summed E-state index contributed by atoms with van der Waals surface area (Å²) in [6, 6.07) is 22.8. The third-order valence-corrected chi connectivity index (χ3v) is 11.1. The normalized spacial score (nSPS) is 11.9. The van der Waals surface area contributed by atoms with Crippen LogP contribution >= 0.6 is 0 Å². The number of fused-ring (bicyclic) bond motifs is 2. The number of rotatable bonds is 10. The van der Waals surface area contributed by atoms with Crippen molar-refractivity contribution in [3.63, 3.8) is 0 Å². The SMILES string of the molecule is Cc1cc(Oc2ccc(N)cc2F)c2cccc(C(F)(F)F)c2n1.Cc1cc(Oc2ccc(NS(=O)(=O)c3ccc(OCc4c(C)noc4C)cc3)cc2F)c2cccc(C(F)(F)F)c2n1. The lowest BCUT2D eigenvalue weighted by Gasteiger charge is -2.15. The molecule has 11 nitrogen and oxygen atoms in total. The van der Waals surface area contributed by atoms with Crippen molar-refractivity contribution in [1.82, 2.24) is 15.1 Å². The van der Waals surface area contributed by atoms with Crippen LogP contribution in [0.1, 0.15) is 39.5 Å². The highest BCUT2D eigenvalue weighted by atomic mass is 32.2. The van der Waals surface area contributed by atoms with Crippen LogP contribution in [-0.4, -0.2) is 23.5 Å². The molecule has 0 saturated heterocycles. The predicted molar refractivity (Wildman–Crippen MR) is 228 cm³/mol. The molecule has 0 aliphatic rings. The van der Waals surface area contributed by atoms with E-state index in [4.69, 9.17) is 24.5 Å². The summed E-state index contributed by atoms with van der Waals surface area (Å²) in [5.41, 5.74) is 5.26. The van der Waals surface area contributed by atoms with Crippen LogP contribution in [0.25, 0.3) is 21.8 Å². The van der Waals surface area contributed by atoms with Gasteiger partial charge in [0.15, 0.2) is 23.1 Å². The van der Waals surface area contributed by atoms with E-state index in [2.05, 4.69) is 19.8 Å². The van der Waals surface area contributed by atoms with Gasteiger partial charge in [-0.05, 0) is 100 Å². The first-order chi connectivity index (χ1) is 31.1. The van der Waals surface area contributed by atoms with Crippen molar-refractivity contribution in [2.45, 2.75) is 51.5 Å². The number of benzene rings is 5. The van der Waals surface area contributed by atoms with E-state index in [0.717, 1.165) is 29.8 Å². The Labute approximate surface area is 370 Å². The van der Waals surface area contributed by atoms with Crippen LogP contribution in [0.5, 0.6) is 28.7 Å². The van der Waals surface area contributed by atoms with Crippen LogP contribution in [0.2, 0.25) is 0 Å². The molecule has 3 aromatic heterocycles. The second kappa shape index (κ2) is 18.2. The molecule has 0 aliphatic carbocycles. The molecule has 20 heteroatoms. The Kier molecular flexibility index (Phi) is 12.8. The molecular weight excluding hydrogens is 903 g/mol. The summed E-state index contributed by atoms with van der Waals surface area (Å²) in [6.45, 7) is 6.77. The molecule has 0 atom stereocenters. The van der Waals surface area contributed by atoms with E-state index in [1.165, 1.54) is 91.9 Å². The Morgan fingerprint density at radius 3 is 1.64 bits per heavy atom. The van der Waals surface area contributed by atoms with Crippen LogP contribution in [0.3, 0.4) is 0 Å². The second-order valence-corrected chi connectivity index (χ2v) is 16.3. The van der Waals surface area contributed by atoms with Gasteiger partial charge in [-0.3, -0.25) is 14.7 Å². The molecular formula is C46H35F8N5O6S. The number of pyridine rings is 2. The van der Waals surface area contributed by atoms with E-state index in [9.17, 15) is 39.2 Å². The Bertz CT molecular complexity index is 3200. The molecule has 8 rings (SSSR count). The highest BCUT2D eigenvalue weighted by Crippen LogP contribution is 2.40. The highest BCUT2D eigenvalue weighted by Gasteiger charge is 2.35. The zero-order valence-corrected chi connectivity index (χ0v) is 35.7. The molecule has 0 amide bonds. The third-order valence-electron chi connectivity index (χ3n) is 9.75. The zero-order valence-electron chi connectivity index (χ0n) is 34.9. The summed E-state index contributed by atoms with van der Waals surface area (Å²) in [5, 5.41) is 4.04. The average molecular weight is 938 g/mol. The summed E-state index contributed by atoms with van der Waals surface area (Å²) in [4.78, 5) is 7.88. The standard InChI is InChI=1S/C29H23F4N3O5S.C17H12F4N2O/c1-16-13-27(22-5-4-6-24(28(22)34-16)29(31,32)33)40-26-12-7-19(14-25(26)30)36-42(37,38)21-10-8-20(9-11-21)39-15-23-17(2)35-41-18(23)3;1-9-7-15(24-14-6-5-10(22)8-13(14)18)11-3-2-4-12(16(11)23-9)17(19,20)21/h4-14,36H,15H2,1-3H3;2-8H,22H2,1H3. The van der Waals surface area contributed by atoms with Gasteiger partial charge < -0.3 is 24.5 Å². The number of halogens is 8. The molecule has 66 heavy (non-hydrogen) atoms. The Morgan fingerprint density at radius 1 is 0.652 bits per heavy atom. The summed E-state index contributed by atoms with van der Waals surface area (Å²) in [6.07, 6.45) is -9.20. The fourth-order valence-corrected chi connectivity index (χ4v) is 7.63. The first-order valence-electron chi connectivity index (χ1n) is 19.4. The number of anilines is 2. The lowest BCUT2D eigenvalue weighted by molar-refractivity contribution is -0.137. The van der Waals surface area contributed by atoms with E-state index >= 15 is 4.39 Å². The number of hydrogen-bond donors (Lipinski definition) is 2. The molecule has 0 spiro atoms. The number of nitrogen functional groups attached to an aromatic ring is 1. The molecule has 0 fully saturated rings. The van der Waals surface area contributed by atoms with Crippen LogP contribution in [0.15, 0.2) is 119 Å². The third kappa shape index (κ3) is 10.4. The molecule has 0 radical (unpaired) electrons. The number of ether oxygens (including phenoxy) is 3. The van der Waals surface area contributed by atoms with Gasteiger partial charge in [-0.1, -0.05) is 17.3 Å². The van der Waals surface area contributed by atoms with Crippen LogP contribution in [-0.2, 0) is 29.0 Å². The lowest BCUT2D eigenvalue weighted by atomic mass is 10.1. The largest absolute Gasteiger partial charge is 0.489 e. The van der Waals surface area contributed by atoms with Gasteiger partial charge in [-0.25, -0.2) is 17.2 Å². The summed E-state index contributed by atoms with van der Waals surface area (Å²) in [5.74, 6) is -0.991. The second-order valence-electron chi connectivity index (χ2n) is 14.6. The fourth-order valence-electron chi connectivity index (χ4n) is 6.58. The van der Waals surface area contributed by atoms with Gasteiger partial charge >= 0.3 is 12.4 Å². The minimum Gasteiger partial charge on any atom is -0.489 e. The highest BCUT2D eigenvalue weighted by molar-refractivity contribution is 7.92. The predicted octanol–water partition coefficient (Wildman–Crippen LogP) is 12.6. The molecule has 3 heterocycles. The molecule has 3 N–H and O–H groups in total. The van der Waals surface area contributed by atoms with Crippen LogP contribution < -0.4 is 24.7 Å². The van der Waals surface area contributed by atoms with Gasteiger partial charge in [0.1, 0.15) is 29.6 Å². The average Bonchev–Trinajstić information content (AvgIpc) is 3.56. The summed E-state index contributed by atoms with van der Waals surface area (Å²) >= 11 is 0. The number of aryl methyl sites for hydroxylation is 4. The number of alkyl halides is 6. The number of nitrogens with one attached hydrogen (secondary N) is 1. The Morgan fingerprint density at radius 2 is 1.17 bits per heavy atom. The van der Waals surface area contributed by atoms with Gasteiger partial charge in [0.2, 0.25) is 0 Å². The van der Waals surface area contributed by atoms with Crippen LogP contribution in [0.4, 0.5) is 46.5 Å². The summed E-state index contributed by atoms with van der Waals surface area (Å²) < 4.78 is 159. The van der Waals surface area contributed by atoms with E-state index in [0.29, 0.717) is 22.9 Å². The lowest BCUT2D eigenvalue weighted by Crippen LogP contribution is -2.13. The Hall–Kier alpha value is -7.48. The van der Waals surface area contributed by atoms with Gasteiger partial charge in [0.05, 0.1) is 44.0 Å². The maximum atomic E-state index is 15.0. The van der Waals surface area contributed by atoms with Gasteiger partial charge in [0, 0.05) is 52.1 Å². The number of nitrogens with two attached hydrogens (primary N) is 1. The van der Waals surface area contributed by atoms with Crippen molar-refractivity contribution >= 4 is 43.2 Å². The van der Waals surface area contributed by atoms with Crippen LogP contribution in [0, 0.1) is 39.3 Å². The first-order valence-corrected chi connectivity index (χ1v) is 20.9. The molecule has 5 aromatic carbocycles. The molecule has 8 aromatic rings. The monoisotopic (exact) mass is 937 g/mol. The summed E-state index contributed by atoms with van der Waals surface area (Å²) in [7, 11) is -4.10. The molecule has 0 unspecified atom stereocenters. The quantitative estimate of drug-likeness (QED) is 0.100. The number of hydrogen-bond acceptors (Lipinski definition) is 10. The molecule has 0 aliphatic heterocycles. The van der Waals surface area contributed by atoms with Crippen molar-refractivity contribution in [2.24, 2.45) is 0 Å². The van der Waals surface area contributed by atoms with Crippen molar-refractivity contribution in [3.05, 3.63) is 160 Å². The van der Waals surface area contributed by atoms with Gasteiger partial charge in [-0.15, -0.1) is 0 Å². The number of nitrogens with zero attached hydrogens (tertiary/aromatic N) is 3. The number of sulfonamides is 1. The minimum atomic E-state index is -4.65. The van der Waals surface area contributed by atoms with Crippen molar-refractivity contribution in [3.8, 4) is 28.7 Å². The molecule has 0 bridgehead atoms. The van der Waals surface area contributed by atoms with Crippen molar-refractivity contribution in [2.75, 3.05) is 10.5 Å². The topological polar surface area (TPSA) is 152 Å².